The number of benzene rings is 3. The van der Waals surface area contributed by atoms with Crippen LogP contribution in [0.25, 0.3) is 11.3 Å². The van der Waals surface area contributed by atoms with Crippen molar-refractivity contribution in [3.63, 3.8) is 0 Å². The van der Waals surface area contributed by atoms with E-state index < -0.39 is 30.1 Å². The van der Waals surface area contributed by atoms with E-state index in [0.29, 0.717) is 11.3 Å². The van der Waals surface area contributed by atoms with Crippen molar-refractivity contribution >= 4 is 23.8 Å². The number of anilines is 1. The van der Waals surface area contributed by atoms with Crippen molar-refractivity contribution in [2.75, 3.05) is 5.32 Å². The third-order valence-electron chi connectivity index (χ3n) is 5.78. The smallest absolute Gasteiger partial charge is 0.413 e. The second-order valence-electron chi connectivity index (χ2n) is 8.47. The van der Waals surface area contributed by atoms with E-state index in [0.717, 1.165) is 11.1 Å². The maximum atomic E-state index is 12.8. The molecule has 0 aliphatic carbocycles. The highest BCUT2D eigenvalue weighted by Crippen LogP contribution is 2.25. The van der Waals surface area contributed by atoms with Crippen molar-refractivity contribution in [1.82, 2.24) is 15.3 Å². The largest absolute Gasteiger partial charge is 0.480 e. The Morgan fingerprint density at radius 1 is 0.868 bits per heavy atom. The number of nitrogens with one attached hydrogen (secondary N) is 2. The molecule has 0 radical (unpaired) electrons. The molecule has 9 heteroatoms. The van der Waals surface area contributed by atoms with E-state index in [9.17, 15) is 19.5 Å². The van der Waals surface area contributed by atoms with Gasteiger partial charge in [-0.1, -0.05) is 72.8 Å². The summed E-state index contributed by atoms with van der Waals surface area (Å²) in [6, 6.07) is 23.7. The number of carboxylic acid groups (broad SMARTS) is 1. The van der Waals surface area contributed by atoms with E-state index in [1.807, 2.05) is 60.7 Å². The van der Waals surface area contributed by atoms with Crippen LogP contribution in [-0.4, -0.2) is 39.1 Å². The molecule has 192 valence electrons. The molecule has 3 aromatic carbocycles. The van der Waals surface area contributed by atoms with Crippen LogP contribution >= 0.6 is 0 Å². The Balaban J connectivity index is 1.43. The molecule has 9 nitrogen and oxygen atoms in total. The minimum atomic E-state index is -1.12. The van der Waals surface area contributed by atoms with Crippen LogP contribution in [0.5, 0.6) is 0 Å². The summed E-state index contributed by atoms with van der Waals surface area (Å²) in [6.45, 7) is 1.77. The molecule has 0 saturated carbocycles. The predicted molar refractivity (Wildman–Crippen MR) is 141 cm³/mol. The van der Waals surface area contributed by atoms with Crippen LogP contribution in [0.2, 0.25) is 0 Å². The number of carbonyl (C=O) groups is 3. The zero-order chi connectivity index (χ0) is 26.9. The fourth-order valence-electron chi connectivity index (χ4n) is 3.79. The van der Waals surface area contributed by atoms with Gasteiger partial charge in [0, 0.05) is 29.9 Å². The minimum Gasteiger partial charge on any atom is -0.480 e. The van der Waals surface area contributed by atoms with Gasteiger partial charge in [0.15, 0.2) is 5.82 Å². The number of amides is 2. The number of hydrogen-bond acceptors (Lipinski definition) is 6. The van der Waals surface area contributed by atoms with Crippen LogP contribution in [-0.2, 0) is 16.0 Å². The van der Waals surface area contributed by atoms with E-state index in [1.165, 1.54) is 12.4 Å². The fraction of sp³-hybridized carbons (Fsp3) is 0.138. The van der Waals surface area contributed by atoms with Crippen molar-refractivity contribution in [3.8, 4) is 11.3 Å². The second kappa shape index (κ2) is 12.3. The highest BCUT2D eigenvalue weighted by molar-refractivity contribution is 5.97. The summed E-state index contributed by atoms with van der Waals surface area (Å²) < 4.78 is 5.46. The molecule has 38 heavy (non-hydrogen) atoms. The molecule has 4 rings (SSSR count). The van der Waals surface area contributed by atoms with Gasteiger partial charge < -0.3 is 15.2 Å². The zero-order valence-corrected chi connectivity index (χ0v) is 20.6. The van der Waals surface area contributed by atoms with Gasteiger partial charge in [-0.05, 0) is 30.2 Å². The molecular formula is C29H26N4O5. The number of rotatable bonds is 9. The number of aliphatic carboxylic acids is 1. The molecule has 1 aromatic heterocycles. The van der Waals surface area contributed by atoms with Gasteiger partial charge in [-0.3, -0.25) is 15.1 Å². The first-order chi connectivity index (χ1) is 18.4. The van der Waals surface area contributed by atoms with E-state index in [2.05, 4.69) is 20.6 Å². The quantitative estimate of drug-likeness (QED) is 0.293. The molecule has 2 atom stereocenters. The Bertz CT molecular complexity index is 1400. The zero-order valence-electron chi connectivity index (χ0n) is 20.6. The number of ether oxygens (including phenoxy) is 1. The topological polar surface area (TPSA) is 131 Å². The van der Waals surface area contributed by atoms with Crippen molar-refractivity contribution in [2.45, 2.75) is 25.5 Å². The van der Waals surface area contributed by atoms with Crippen LogP contribution in [0.15, 0.2) is 97.3 Å². The Morgan fingerprint density at radius 2 is 1.50 bits per heavy atom. The highest BCUT2D eigenvalue weighted by atomic mass is 16.6. The normalized spacial score (nSPS) is 12.1. The predicted octanol–water partition coefficient (Wildman–Crippen LogP) is 4.88. The first-order valence-electron chi connectivity index (χ1n) is 11.9. The summed E-state index contributed by atoms with van der Waals surface area (Å²) in [5.74, 6) is -1.44. The summed E-state index contributed by atoms with van der Waals surface area (Å²) in [5, 5.41) is 14.8. The van der Waals surface area contributed by atoms with Crippen LogP contribution < -0.4 is 10.6 Å². The summed E-state index contributed by atoms with van der Waals surface area (Å²) >= 11 is 0. The molecule has 0 bridgehead atoms. The Labute approximate surface area is 219 Å². The van der Waals surface area contributed by atoms with E-state index in [1.54, 1.807) is 31.2 Å². The van der Waals surface area contributed by atoms with Gasteiger partial charge in [0.2, 0.25) is 0 Å². The van der Waals surface area contributed by atoms with Gasteiger partial charge in [-0.15, -0.1) is 0 Å². The molecule has 1 heterocycles. The van der Waals surface area contributed by atoms with Crippen molar-refractivity contribution in [3.05, 3.63) is 114 Å². The molecular weight excluding hydrogens is 484 g/mol. The van der Waals surface area contributed by atoms with Crippen molar-refractivity contribution in [1.29, 1.82) is 0 Å². The Kier molecular flexibility index (Phi) is 8.40. The SMILES string of the molecule is CC(OC(=O)Nc1nccnc1-c1ccc(C(=O)NC(Cc2ccccc2)C(=O)O)cc1)c1ccccc1. The lowest BCUT2D eigenvalue weighted by Gasteiger charge is -2.16. The van der Waals surface area contributed by atoms with Gasteiger partial charge in [-0.25, -0.2) is 14.6 Å². The standard InChI is InChI=1S/C29H26N4O5/c1-19(21-10-6-3-7-11-21)38-29(37)33-26-25(30-16-17-31-26)22-12-14-23(15-13-22)27(34)32-24(28(35)36)18-20-8-4-2-5-9-20/h2-17,19,24H,18H2,1H3,(H,32,34)(H,35,36)(H,31,33,37). The average Bonchev–Trinajstić information content (AvgIpc) is 2.94. The molecule has 4 aromatic rings. The van der Waals surface area contributed by atoms with E-state index in [4.69, 9.17) is 4.74 Å². The van der Waals surface area contributed by atoms with Gasteiger partial charge in [0.05, 0.1) is 0 Å². The number of hydrogen-bond donors (Lipinski definition) is 3. The van der Waals surface area contributed by atoms with Crippen LogP contribution in [0.3, 0.4) is 0 Å². The summed E-state index contributed by atoms with van der Waals surface area (Å²) in [6.07, 6.45) is 1.94. The van der Waals surface area contributed by atoms with E-state index >= 15 is 0 Å². The van der Waals surface area contributed by atoms with Crippen LogP contribution in [0.4, 0.5) is 10.6 Å². The van der Waals surface area contributed by atoms with Gasteiger partial charge in [-0.2, -0.15) is 0 Å². The first-order valence-corrected chi connectivity index (χ1v) is 11.9. The van der Waals surface area contributed by atoms with Gasteiger partial charge in [0.25, 0.3) is 5.91 Å². The molecule has 0 aliphatic heterocycles. The molecule has 0 aliphatic rings. The molecule has 3 N–H and O–H groups in total. The lowest BCUT2D eigenvalue weighted by Crippen LogP contribution is -2.42. The maximum Gasteiger partial charge on any atom is 0.413 e. The monoisotopic (exact) mass is 510 g/mol. The summed E-state index contributed by atoms with van der Waals surface area (Å²) in [7, 11) is 0. The lowest BCUT2D eigenvalue weighted by atomic mass is 10.0. The van der Waals surface area contributed by atoms with Crippen LogP contribution in [0.1, 0.15) is 34.5 Å². The number of aromatic nitrogens is 2. The summed E-state index contributed by atoms with van der Waals surface area (Å²) in [5.41, 5.74) is 2.92. The molecule has 0 spiro atoms. The number of carbonyl (C=O) groups excluding carboxylic acids is 2. The van der Waals surface area contributed by atoms with E-state index in [-0.39, 0.29) is 17.8 Å². The molecule has 0 saturated heterocycles. The third kappa shape index (κ3) is 6.79. The molecule has 2 amide bonds. The average molecular weight is 511 g/mol. The summed E-state index contributed by atoms with van der Waals surface area (Å²) in [4.78, 5) is 45.5. The lowest BCUT2D eigenvalue weighted by molar-refractivity contribution is -0.139. The Hall–Kier alpha value is -5.05. The minimum absolute atomic E-state index is 0.160. The maximum absolute atomic E-state index is 12.8. The van der Waals surface area contributed by atoms with Gasteiger partial charge >= 0.3 is 12.1 Å². The molecule has 2 unspecified atom stereocenters. The van der Waals surface area contributed by atoms with Crippen molar-refractivity contribution < 1.29 is 24.2 Å². The Morgan fingerprint density at radius 3 is 2.16 bits per heavy atom. The van der Waals surface area contributed by atoms with Crippen LogP contribution in [0, 0.1) is 0 Å². The highest BCUT2D eigenvalue weighted by Gasteiger charge is 2.21. The first kappa shape index (κ1) is 26.0. The second-order valence-corrected chi connectivity index (χ2v) is 8.47. The van der Waals surface area contributed by atoms with Gasteiger partial charge in [0.1, 0.15) is 17.8 Å². The fourth-order valence-corrected chi connectivity index (χ4v) is 3.79. The molecule has 0 fully saturated rings. The number of nitrogens with zero attached hydrogens (tertiary/aromatic N) is 2. The third-order valence-corrected chi connectivity index (χ3v) is 5.78. The number of carboxylic acids is 1. The van der Waals surface area contributed by atoms with Crippen molar-refractivity contribution in [2.24, 2.45) is 0 Å².